The number of nitrogens with zero attached hydrogens (tertiary/aromatic N) is 1. The molecule has 1 atom stereocenters. The standard InChI is InChI=1S/C16H18FNO2/c1-4-14-16(7-5-10(2)18-14)20-15-8-6-12(17)9-13(15)11(3)19/h5-9,11,19H,4H2,1-3H3. The number of aromatic nitrogens is 1. The molecule has 0 aliphatic carbocycles. The van der Waals surface area contributed by atoms with E-state index in [1.165, 1.54) is 18.2 Å². The molecular weight excluding hydrogens is 257 g/mol. The van der Waals surface area contributed by atoms with Gasteiger partial charge in [0.1, 0.15) is 17.3 Å². The van der Waals surface area contributed by atoms with Gasteiger partial charge in [-0.1, -0.05) is 6.92 Å². The normalized spacial score (nSPS) is 12.2. The number of aliphatic hydroxyl groups excluding tert-OH is 1. The molecule has 2 rings (SSSR count). The van der Waals surface area contributed by atoms with Gasteiger partial charge < -0.3 is 9.84 Å². The second-order valence-electron chi connectivity index (χ2n) is 4.71. The Morgan fingerprint density at radius 1 is 1.25 bits per heavy atom. The first-order valence-corrected chi connectivity index (χ1v) is 6.63. The van der Waals surface area contributed by atoms with Crippen molar-refractivity contribution in [1.82, 2.24) is 4.98 Å². The van der Waals surface area contributed by atoms with Crippen molar-refractivity contribution in [3.8, 4) is 11.5 Å². The highest BCUT2D eigenvalue weighted by Crippen LogP contribution is 2.31. The molecule has 0 aliphatic heterocycles. The third kappa shape index (κ3) is 3.14. The van der Waals surface area contributed by atoms with E-state index in [-0.39, 0.29) is 0 Å². The first-order chi connectivity index (χ1) is 9.51. The van der Waals surface area contributed by atoms with Crippen LogP contribution in [0.3, 0.4) is 0 Å². The summed E-state index contributed by atoms with van der Waals surface area (Å²) < 4.78 is 19.1. The molecule has 20 heavy (non-hydrogen) atoms. The number of aryl methyl sites for hydroxylation is 2. The van der Waals surface area contributed by atoms with Crippen LogP contribution in [0.15, 0.2) is 30.3 Å². The largest absolute Gasteiger partial charge is 0.455 e. The second kappa shape index (κ2) is 6.01. The zero-order valence-corrected chi connectivity index (χ0v) is 11.9. The molecule has 0 saturated heterocycles. The van der Waals surface area contributed by atoms with Gasteiger partial charge in [0.2, 0.25) is 0 Å². The molecule has 3 nitrogen and oxygen atoms in total. The van der Waals surface area contributed by atoms with E-state index in [1.54, 1.807) is 6.92 Å². The average Bonchev–Trinajstić information content (AvgIpc) is 2.42. The second-order valence-corrected chi connectivity index (χ2v) is 4.71. The van der Waals surface area contributed by atoms with Crippen LogP contribution in [0.2, 0.25) is 0 Å². The van der Waals surface area contributed by atoms with Gasteiger partial charge in [0.05, 0.1) is 11.8 Å². The van der Waals surface area contributed by atoms with Crippen molar-refractivity contribution in [2.45, 2.75) is 33.3 Å². The fourth-order valence-corrected chi connectivity index (χ4v) is 2.00. The molecule has 1 aromatic heterocycles. The molecule has 0 fully saturated rings. The minimum absolute atomic E-state index is 0.397. The topological polar surface area (TPSA) is 42.4 Å². The van der Waals surface area contributed by atoms with Crippen LogP contribution in [0.1, 0.15) is 36.9 Å². The summed E-state index contributed by atoms with van der Waals surface area (Å²) in [5.41, 5.74) is 2.18. The number of hydrogen-bond donors (Lipinski definition) is 1. The lowest BCUT2D eigenvalue weighted by molar-refractivity contribution is 0.195. The summed E-state index contributed by atoms with van der Waals surface area (Å²) in [5.74, 6) is 0.680. The Morgan fingerprint density at radius 3 is 2.60 bits per heavy atom. The zero-order valence-electron chi connectivity index (χ0n) is 11.9. The molecule has 2 aromatic rings. The quantitative estimate of drug-likeness (QED) is 0.919. The Kier molecular flexibility index (Phi) is 4.35. The van der Waals surface area contributed by atoms with Crippen LogP contribution in [0, 0.1) is 12.7 Å². The van der Waals surface area contributed by atoms with E-state index < -0.39 is 11.9 Å². The Morgan fingerprint density at radius 2 is 1.95 bits per heavy atom. The third-order valence-electron chi connectivity index (χ3n) is 3.05. The lowest BCUT2D eigenvalue weighted by Gasteiger charge is -2.15. The predicted molar refractivity (Wildman–Crippen MR) is 75.5 cm³/mol. The van der Waals surface area contributed by atoms with Gasteiger partial charge in [-0.2, -0.15) is 0 Å². The first-order valence-electron chi connectivity index (χ1n) is 6.63. The van der Waals surface area contributed by atoms with Crippen LogP contribution in [-0.2, 0) is 6.42 Å². The highest BCUT2D eigenvalue weighted by molar-refractivity contribution is 5.41. The van der Waals surface area contributed by atoms with Crippen LogP contribution in [0.4, 0.5) is 4.39 Å². The molecule has 0 amide bonds. The minimum atomic E-state index is -0.802. The fourth-order valence-electron chi connectivity index (χ4n) is 2.00. The SMILES string of the molecule is CCc1nc(C)ccc1Oc1ccc(F)cc1C(C)O. The highest BCUT2D eigenvalue weighted by atomic mass is 19.1. The summed E-state index contributed by atoms with van der Waals surface area (Å²) in [4.78, 5) is 4.42. The summed E-state index contributed by atoms with van der Waals surface area (Å²) in [5, 5.41) is 9.72. The Labute approximate surface area is 118 Å². The minimum Gasteiger partial charge on any atom is -0.455 e. The molecule has 0 bridgehead atoms. The van der Waals surface area contributed by atoms with Crippen molar-refractivity contribution in [2.75, 3.05) is 0 Å². The average molecular weight is 275 g/mol. The molecule has 1 N–H and O–H groups in total. The molecule has 106 valence electrons. The van der Waals surface area contributed by atoms with E-state index in [0.717, 1.165) is 17.8 Å². The van der Waals surface area contributed by atoms with E-state index in [1.807, 2.05) is 26.0 Å². The van der Waals surface area contributed by atoms with Gasteiger partial charge in [-0.15, -0.1) is 0 Å². The van der Waals surface area contributed by atoms with Crippen molar-refractivity contribution in [3.63, 3.8) is 0 Å². The molecule has 0 spiro atoms. The highest BCUT2D eigenvalue weighted by Gasteiger charge is 2.13. The van der Waals surface area contributed by atoms with Crippen molar-refractivity contribution in [2.24, 2.45) is 0 Å². The number of rotatable bonds is 4. The lowest BCUT2D eigenvalue weighted by Crippen LogP contribution is -2.00. The summed E-state index contributed by atoms with van der Waals surface area (Å²) in [6, 6.07) is 7.83. The summed E-state index contributed by atoms with van der Waals surface area (Å²) in [6.07, 6.45) is -0.0634. The fraction of sp³-hybridized carbons (Fsp3) is 0.312. The van der Waals surface area contributed by atoms with E-state index in [9.17, 15) is 9.50 Å². The summed E-state index contributed by atoms with van der Waals surface area (Å²) in [6.45, 7) is 5.49. The van der Waals surface area contributed by atoms with E-state index >= 15 is 0 Å². The monoisotopic (exact) mass is 275 g/mol. The summed E-state index contributed by atoms with van der Waals surface area (Å²) in [7, 11) is 0. The van der Waals surface area contributed by atoms with Crippen molar-refractivity contribution >= 4 is 0 Å². The van der Waals surface area contributed by atoms with Crippen LogP contribution in [0.5, 0.6) is 11.5 Å². The van der Waals surface area contributed by atoms with Crippen LogP contribution < -0.4 is 4.74 Å². The Balaban J connectivity index is 2.39. The Hall–Kier alpha value is -1.94. The van der Waals surface area contributed by atoms with Gasteiger partial charge >= 0.3 is 0 Å². The first kappa shape index (κ1) is 14.5. The number of hydrogen-bond acceptors (Lipinski definition) is 3. The zero-order chi connectivity index (χ0) is 14.7. The number of pyridine rings is 1. The molecule has 0 radical (unpaired) electrons. The smallest absolute Gasteiger partial charge is 0.148 e. The maximum absolute atomic E-state index is 13.3. The molecular formula is C16H18FNO2. The van der Waals surface area contributed by atoms with Crippen LogP contribution in [-0.4, -0.2) is 10.1 Å². The third-order valence-corrected chi connectivity index (χ3v) is 3.05. The molecule has 1 aromatic carbocycles. The molecule has 0 saturated carbocycles. The van der Waals surface area contributed by atoms with Gasteiger partial charge in [-0.3, -0.25) is 4.98 Å². The molecule has 1 unspecified atom stereocenters. The van der Waals surface area contributed by atoms with E-state index in [0.29, 0.717) is 17.1 Å². The molecule has 4 heteroatoms. The van der Waals surface area contributed by atoms with Crippen LogP contribution in [0.25, 0.3) is 0 Å². The van der Waals surface area contributed by atoms with Gasteiger partial charge in [0.15, 0.2) is 0 Å². The number of ether oxygens (including phenoxy) is 1. The van der Waals surface area contributed by atoms with Gasteiger partial charge in [0.25, 0.3) is 0 Å². The maximum atomic E-state index is 13.3. The molecule has 1 heterocycles. The maximum Gasteiger partial charge on any atom is 0.148 e. The molecule has 0 aliphatic rings. The number of halogens is 1. The van der Waals surface area contributed by atoms with E-state index in [2.05, 4.69) is 4.98 Å². The van der Waals surface area contributed by atoms with Crippen LogP contribution >= 0.6 is 0 Å². The number of aliphatic hydroxyl groups is 1. The van der Waals surface area contributed by atoms with Gasteiger partial charge in [-0.25, -0.2) is 4.39 Å². The predicted octanol–water partition coefficient (Wildman–Crippen LogP) is 3.94. The number of benzene rings is 1. The summed E-state index contributed by atoms with van der Waals surface area (Å²) >= 11 is 0. The van der Waals surface area contributed by atoms with Gasteiger partial charge in [0, 0.05) is 11.3 Å². The lowest BCUT2D eigenvalue weighted by atomic mass is 10.1. The van der Waals surface area contributed by atoms with Crippen molar-refractivity contribution in [3.05, 3.63) is 53.1 Å². The van der Waals surface area contributed by atoms with E-state index in [4.69, 9.17) is 4.74 Å². The van der Waals surface area contributed by atoms with Gasteiger partial charge in [-0.05, 0) is 50.6 Å². The van der Waals surface area contributed by atoms with Crippen molar-refractivity contribution in [1.29, 1.82) is 0 Å². The Bertz CT molecular complexity index is 611. The van der Waals surface area contributed by atoms with Crippen molar-refractivity contribution < 1.29 is 14.2 Å².